The third-order valence-electron chi connectivity index (χ3n) is 2.26. The monoisotopic (exact) mass is 267 g/mol. The molecule has 18 heavy (non-hydrogen) atoms. The Morgan fingerprint density at radius 1 is 1.44 bits per heavy atom. The van der Waals surface area contributed by atoms with Crippen LogP contribution in [0.3, 0.4) is 0 Å². The van der Waals surface area contributed by atoms with Crippen molar-refractivity contribution in [3.8, 4) is 0 Å². The molecule has 0 radical (unpaired) electrons. The number of halogens is 1. The highest BCUT2D eigenvalue weighted by Crippen LogP contribution is 2.23. The summed E-state index contributed by atoms with van der Waals surface area (Å²) < 4.78 is 12.7. The third kappa shape index (κ3) is 3.07. The number of hydrogen-bond acceptors (Lipinski definition) is 4. The normalized spacial score (nSPS) is 18.6. The summed E-state index contributed by atoms with van der Waals surface area (Å²) in [5.74, 6) is -1.11. The lowest BCUT2D eigenvalue weighted by atomic mass is 10.2. The number of benzene rings is 1. The number of nitrogens with zero attached hydrogens (tertiary/aromatic N) is 1. The summed E-state index contributed by atoms with van der Waals surface area (Å²) >= 11 is 1.07. The molecule has 2 amide bonds. The molecule has 7 heteroatoms. The molecule has 3 N–H and O–H groups in total. The molecule has 1 atom stereocenters. The second-order valence-electron chi connectivity index (χ2n) is 3.65. The highest BCUT2D eigenvalue weighted by atomic mass is 32.2. The average molecular weight is 267 g/mol. The minimum atomic E-state index is -0.564. The van der Waals surface area contributed by atoms with E-state index in [9.17, 15) is 14.0 Å². The van der Waals surface area contributed by atoms with Crippen molar-refractivity contribution in [1.29, 1.82) is 0 Å². The molecule has 94 valence electrons. The van der Waals surface area contributed by atoms with Crippen LogP contribution in [-0.4, -0.2) is 22.2 Å². The highest BCUT2D eigenvalue weighted by Gasteiger charge is 2.29. The number of anilines is 1. The number of carbonyl (C=O) groups is 2. The fourth-order valence-electron chi connectivity index (χ4n) is 1.45. The van der Waals surface area contributed by atoms with E-state index in [1.807, 2.05) is 0 Å². The van der Waals surface area contributed by atoms with Gasteiger partial charge in [0.15, 0.2) is 5.17 Å². The van der Waals surface area contributed by atoms with Crippen molar-refractivity contribution in [2.75, 3.05) is 5.32 Å². The van der Waals surface area contributed by atoms with E-state index >= 15 is 0 Å². The van der Waals surface area contributed by atoms with Crippen molar-refractivity contribution < 1.29 is 14.0 Å². The van der Waals surface area contributed by atoms with E-state index in [1.54, 1.807) is 0 Å². The van der Waals surface area contributed by atoms with Gasteiger partial charge in [-0.3, -0.25) is 9.59 Å². The number of aliphatic imine (C=N–C) groups is 1. The number of amides is 2. The van der Waals surface area contributed by atoms with Gasteiger partial charge in [-0.2, -0.15) is 4.99 Å². The summed E-state index contributed by atoms with van der Waals surface area (Å²) in [5.41, 5.74) is 5.86. The lowest BCUT2D eigenvalue weighted by molar-refractivity contribution is -0.121. The van der Waals surface area contributed by atoms with Crippen molar-refractivity contribution >= 4 is 34.4 Å². The van der Waals surface area contributed by atoms with Crippen LogP contribution in [0, 0.1) is 5.82 Å². The molecule has 0 saturated carbocycles. The van der Waals surface area contributed by atoms with Crippen molar-refractivity contribution in [3.63, 3.8) is 0 Å². The third-order valence-corrected chi connectivity index (χ3v) is 3.24. The molecule has 1 aromatic rings. The fourth-order valence-corrected chi connectivity index (χ4v) is 2.27. The first-order valence-electron chi connectivity index (χ1n) is 5.14. The number of hydrogen-bond donors (Lipinski definition) is 2. The first-order chi connectivity index (χ1) is 8.54. The molecule has 1 aliphatic rings. The second-order valence-corrected chi connectivity index (χ2v) is 4.88. The Kier molecular flexibility index (Phi) is 3.61. The topological polar surface area (TPSA) is 84.5 Å². The lowest BCUT2D eigenvalue weighted by Gasteiger charge is -2.07. The maximum Gasteiger partial charge on any atom is 0.262 e. The highest BCUT2D eigenvalue weighted by molar-refractivity contribution is 8.15. The van der Waals surface area contributed by atoms with E-state index in [2.05, 4.69) is 10.3 Å². The Morgan fingerprint density at radius 3 is 2.67 bits per heavy atom. The Bertz CT molecular complexity index is 516. The van der Waals surface area contributed by atoms with Gasteiger partial charge in [0.25, 0.3) is 5.91 Å². The zero-order valence-corrected chi connectivity index (χ0v) is 10.0. The van der Waals surface area contributed by atoms with Gasteiger partial charge in [-0.25, -0.2) is 4.39 Å². The van der Waals surface area contributed by atoms with Gasteiger partial charge in [-0.1, -0.05) is 11.8 Å². The number of amidine groups is 1. The summed E-state index contributed by atoms with van der Waals surface area (Å²) in [6.07, 6.45) is -0.00885. The molecule has 1 aliphatic heterocycles. The molecular formula is C11H10FN3O2S. The summed E-state index contributed by atoms with van der Waals surface area (Å²) in [4.78, 5) is 26.5. The Labute approximate surface area is 107 Å². The van der Waals surface area contributed by atoms with Crippen molar-refractivity contribution in [2.45, 2.75) is 11.7 Å². The second kappa shape index (κ2) is 5.18. The summed E-state index contributed by atoms with van der Waals surface area (Å²) in [5, 5.41) is 2.18. The van der Waals surface area contributed by atoms with E-state index in [0.717, 1.165) is 11.8 Å². The molecule has 0 spiro atoms. The quantitative estimate of drug-likeness (QED) is 0.859. The standard InChI is InChI=1S/C11H10FN3O2S/c12-6-1-3-7(4-2-6)14-9(16)5-8-10(17)15-11(13)18-8/h1-4,8H,5H2,(H,14,16)(H2,13,15,17)/t8-/m1/s1. The number of rotatable bonds is 3. The summed E-state index contributed by atoms with van der Waals surface area (Å²) in [6, 6.07) is 5.38. The SMILES string of the molecule is NC1=NC(=O)[C@@H](CC(=O)Nc2ccc(F)cc2)S1. The maximum absolute atomic E-state index is 12.7. The van der Waals surface area contributed by atoms with Crippen LogP contribution in [0.4, 0.5) is 10.1 Å². The van der Waals surface area contributed by atoms with Gasteiger partial charge in [0.1, 0.15) is 11.1 Å². The van der Waals surface area contributed by atoms with Gasteiger partial charge in [0.2, 0.25) is 5.91 Å². The van der Waals surface area contributed by atoms with Crippen LogP contribution in [0.1, 0.15) is 6.42 Å². The molecule has 1 heterocycles. The molecule has 0 aromatic heterocycles. The van der Waals surface area contributed by atoms with Crippen LogP contribution >= 0.6 is 11.8 Å². The predicted octanol–water partition coefficient (Wildman–Crippen LogP) is 1.11. The van der Waals surface area contributed by atoms with E-state index in [-0.39, 0.29) is 23.3 Å². The van der Waals surface area contributed by atoms with Gasteiger partial charge in [-0.05, 0) is 24.3 Å². The lowest BCUT2D eigenvalue weighted by Crippen LogP contribution is -2.21. The van der Waals surface area contributed by atoms with Gasteiger partial charge >= 0.3 is 0 Å². The molecule has 0 bridgehead atoms. The largest absolute Gasteiger partial charge is 0.378 e. The van der Waals surface area contributed by atoms with Crippen molar-refractivity contribution in [3.05, 3.63) is 30.1 Å². The van der Waals surface area contributed by atoms with Crippen LogP contribution in [-0.2, 0) is 9.59 Å². The predicted molar refractivity (Wildman–Crippen MR) is 67.7 cm³/mol. The van der Waals surface area contributed by atoms with Crippen LogP contribution in [0.15, 0.2) is 29.3 Å². The number of nitrogens with one attached hydrogen (secondary N) is 1. The average Bonchev–Trinajstić information content (AvgIpc) is 2.61. The van der Waals surface area contributed by atoms with E-state index in [0.29, 0.717) is 5.69 Å². The van der Waals surface area contributed by atoms with Crippen LogP contribution in [0.5, 0.6) is 0 Å². The molecule has 0 saturated heterocycles. The number of carbonyl (C=O) groups excluding carboxylic acids is 2. The molecular weight excluding hydrogens is 257 g/mol. The van der Waals surface area contributed by atoms with Gasteiger partial charge < -0.3 is 11.1 Å². The number of thioether (sulfide) groups is 1. The minimum Gasteiger partial charge on any atom is -0.378 e. The summed E-state index contributed by atoms with van der Waals surface area (Å²) in [6.45, 7) is 0. The molecule has 1 aromatic carbocycles. The van der Waals surface area contributed by atoms with Gasteiger partial charge in [0, 0.05) is 12.1 Å². The zero-order valence-electron chi connectivity index (χ0n) is 9.22. The minimum absolute atomic E-state index is 0.00885. The first-order valence-corrected chi connectivity index (χ1v) is 6.02. The van der Waals surface area contributed by atoms with Gasteiger partial charge in [-0.15, -0.1) is 0 Å². The Morgan fingerprint density at radius 2 is 2.11 bits per heavy atom. The van der Waals surface area contributed by atoms with E-state index < -0.39 is 11.2 Å². The Hall–Kier alpha value is -1.89. The molecule has 2 rings (SSSR count). The van der Waals surface area contributed by atoms with Crippen molar-refractivity contribution in [2.24, 2.45) is 10.7 Å². The maximum atomic E-state index is 12.7. The van der Waals surface area contributed by atoms with E-state index in [1.165, 1.54) is 24.3 Å². The smallest absolute Gasteiger partial charge is 0.262 e. The van der Waals surface area contributed by atoms with E-state index in [4.69, 9.17) is 5.73 Å². The molecule has 0 unspecified atom stereocenters. The van der Waals surface area contributed by atoms with Crippen LogP contribution < -0.4 is 11.1 Å². The summed E-state index contributed by atoms with van der Waals surface area (Å²) in [7, 11) is 0. The Balaban J connectivity index is 1.90. The van der Waals surface area contributed by atoms with Crippen LogP contribution in [0.2, 0.25) is 0 Å². The molecule has 0 aliphatic carbocycles. The number of nitrogens with two attached hydrogens (primary N) is 1. The van der Waals surface area contributed by atoms with Crippen LogP contribution in [0.25, 0.3) is 0 Å². The zero-order chi connectivity index (χ0) is 13.1. The molecule has 0 fully saturated rings. The van der Waals surface area contributed by atoms with Crippen molar-refractivity contribution in [1.82, 2.24) is 0 Å². The molecule has 5 nitrogen and oxygen atoms in total. The fraction of sp³-hybridized carbons (Fsp3) is 0.182. The first kappa shape index (κ1) is 12.6. The van der Waals surface area contributed by atoms with Gasteiger partial charge in [0.05, 0.1) is 0 Å².